The quantitative estimate of drug-likeness (QED) is 0.810. The molecule has 0 N–H and O–H groups in total. The molecule has 0 unspecified atom stereocenters. The summed E-state index contributed by atoms with van der Waals surface area (Å²) in [6.07, 6.45) is 4.70. The van der Waals surface area contributed by atoms with Crippen molar-refractivity contribution in [3.05, 3.63) is 18.5 Å². The Balaban J connectivity index is 2.08. The summed E-state index contributed by atoms with van der Waals surface area (Å²) >= 11 is 0. The first-order valence-corrected chi connectivity index (χ1v) is 6.51. The number of amides is 1. The van der Waals surface area contributed by atoms with Crippen LogP contribution in [-0.2, 0) is 10.3 Å². The lowest BCUT2D eigenvalue weighted by Crippen LogP contribution is -2.51. The Labute approximate surface area is 113 Å². The molecule has 1 aromatic rings. The van der Waals surface area contributed by atoms with Crippen LogP contribution >= 0.6 is 0 Å². The van der Waals surface area contributed by atoms with Gasteiger partial charge in [-0.3, -0.25) is 9.48 Å². The first kappa shape index (κ1) is 13.6. The molecule has 1 amide bonds. The number of nitriles is 1. The van der Waals surface area contributed by atoms with Gasteiger partial charge in [0.2, 0.25) is 5.91 Å². The van der Waals surface area contributed by atoms with Gasteiger partial charge >= 0.3 is 0 Å². The Morgan fingerprint density at radius 2 is 2.11 bits per heavy atom. The SMILES string of the molecule is CC1(C#N)CCN(C(=O)C(C)(C)n2c[c]cn2)CC1. The van der Waals surface area contributed by atoms with E-state index in [0.29, 0.717) is 13.1 Å². The van der Waals surface area contributed by atoms with Crippen molar-refractivity contribution < 1.29 is 4.79 Å². The third-order valence-electron chi connectivity index (χ3n) is 3.97. The van der Waals surface area contributed by atoms with Gasteiger partial charge in [-0.25, -0.2) is 0 Å². The number of rotatable bonds is 2. The second kappa shape index (κ2) is 4.69. The average molecular weight is 259 g/mol. The number of carbonyl (C=O) groups is 1. The Hall–Kier alpha value is -1.83. The Kier molecular flexibility index (Phi) is 3.36. The molecule has 0 spiro atoms. The van der Waals surface area contributed by atoms with Gasteiger partial charge in [-0.05, 0) is 33.6 Å². The standard InChI is InChI=1S/C14H19N4O/c1-13(2,18-8-4-7-16-18)12(19)17-9-5-14(3,11-15)6-10-17/h7-8H,5-6,9-10H2,1-3H3. The molecule has 1 aliphatic rings. The number of carbonyl (C=O) groups excluding carboxylic acids is 1. The maximum atomic E-state index is 12.6. The Morgan fingerprint density at radius 1 is 1.47 bits per heavy atom. The van der Waals surface area contributed by atoms with E-state index < -0.39 is 5.54 Å². The molecule has 1 aromatic heterocycles. The van der Waals surface area contributed by atoms with Crippen molar-refractivity contribution in [1.29, 1.82) is 5.26 Å². The number of piperidine rings is 1. The smallest absolute Gasteiger partial charge is 0.249 e. The van der Waals surface area contributed by atoms with Crippen LogP contribution < -0.4 is 0 Å². The molecule has 1 saturated heterocycles. The van der Waals surface area contributed by atoms with Gasteiger partial charge in [0.1, 0.15) is 5.54 Å². The fraction of sp³-hybridized carbons (Fsp3) is 0.643. The van der Waals surface area contributed by atoms with Crippen molar-refractivity contribution in [3.63, 3.8) is 0 Å². The van der Waals surface area contributed by atoms with Crippen molar-refractivity contribution in [2.24, 2.45) is 5.41 Å². The molecule has 5 heteroatoms. The summed E-state index contributed by atoms with van der Waals surface area (Å²) in [5.74, 6) is 0.0459. The second-order valence-corrected chi connectivity index (χ2v) is 5.91. The van der Waals surface area contributed by atoms with E-state index in [1.165, 1.54) is 0 Å². The van der Waals surface area contributed by atoms with Crippen molar-refractivity contribution in [2.75, 3.05) is 13.1 Å². The molecule has 0 bridgehead atoms. The summed E-state index contributed by atoms with van der Waals surface area (Å²) in [6, 6.07) is 5.20. The Bertz CT molecular complexity index is 490. The summed E-state index contributed by atoms with van der Waals surface area (Å²) in [4.78, 5) is 14.4. The van der Waals surface area contributed by atoms with Gasteiger partial charge < -0.3 is 4.90 Å². The zero-order valence-electron chi connectivity index (χ0n) is 11.7. The first-order chi connectivity index (χ1) is 8.89. The molecule has 0 atom stereocenters. The number of nitrogens with zero attached hydrogens (tertiary/aromatic N) is 4. The number of hydrogen-bond donors (Lipinski definition) is 0. The third kappa shape index (κ3) is 2.48. The van der Waals surface area contributed by atoms with Gasteiger partial charge in [-0.2, -0.15) is 10.4 Å². The van der Waals surface area contributed by atoms with E-state index in [-0.39, 0.29) is 11.3 Å². The lowest BCUT2D eigenvalue weighted by molar-refractivity contribution is -0.141. The number of aromatic nitrogens is 2. The van der Waals surface area contributed by atoms with Crippen LogP contribution in [0.5, 0.6) is 0 Å². The molecule has 2 rings (SSSR count). The van der Waals surface area contributed by atoms with Gasteiger partial charge in [-0.1, -0.05) is 0 Å². The van der Waals surface area contributed by atoms with Crippen LogP contribution in [0.4, 0.5) is 0 Å². The summed E-state index contributed by atoms with van der Waals surface area (Å²) in [5, 5.41) is 13.2. The van der Waals surface area contributed by atoms with Gasteiger partial charge in [-0.15, -0.1) is 0 Å². The highest BCUT2D eigenvalue weighted by Crippen LogP contribution is 2.31. The lowest BCUT2D eigenvalue weighted by Gasteiger charge is -2.38. The van der Waals surface area contributed by atoms with Crippen molar-refractivity contribution in [1.82, 2.24) is 14.7 Å². The molecule has 0 saturated carbocycles. The van der Waals surface area contributed by atoms with Crippen LogP contribution in [0.2, 0.25) is 0 Å². The molecule has 1 aliphatic heterocycles. The molecule has 1 radical (unpaired) electrons. The van der Waals surface area contributed by atoms with Crippen LogP contribution in [0.25, 0.3) is 0 Å². The van der Waals surface area contributed by atoms with E-state index in [9.17, 15) is 4.79 Å². The lowest BCUT2D eigenvalue weighted by atomic mass is 9.81. The van der Waals surface area contributed by atoms with Gasteiger partial charge in [0.25, 0.3) is 0 Å². The monoisotopic (exact) mass is 259 g/mol. The zero-order chi connectivity index (χ0) is 14.1. The van der Waals surface area contributed by atoms with E-state index >= 15 is 0 Å². The van der Waals surface area contributed by atoms with E-state index in [1.807, 2.05) is 25.7 Å². The molecule has 0 aliphatic carbocycles. The molecular formula is C14H19N4O. The molecule has 5 nitrogen and oxygen atoms in total. The van der Waals surface area contributed by atoms with Gasteiger partial charge in [0, 0.05) is 25.4 Å². The van der Waals surface area contributed by atoms with E-state index in [0.717, 1.165) is 12.8 Å². The van der Waals surface area contributed by atoms with Gasteiger partial charge in [0.15, 0.2) is 0 Å². The minimum Gasteiger partial charge on any atom is -0.340 e. The first-order valence-electron chi connectivity index (χ1n) is 6.51. The van der Waals surface area contributed by atoms with E-state index in [2.05, 4.69) is 17.2 Å². The molecule has 2 heterocycles. The summed E-state index contributed by atoms with van der Waals surface area (Å²) in [6.45, 7) is 6.94. The van der Waals surface area contributed by atoms with Crippen molar-refractivity contribution >= 4 is 5.91 Å². The summed E-state index contributed by atoms with van der Waals surface area (Å²) in [7, 11) is 0. The van der Waals surface area contributed by atoms with Crippen molar-refractivity contribution in [2.45, 2.75) is 39.2 Å². The fourth-order valence-corrected chi connectivity index (χ4v) is 2.34. The minimum atomic E-state index is -0.708. The average Bonchev–Trinajstić information content (AvgIpc) is 2.93. The second-order valence-electron chi connectivity index (χ2n) is 5.91. The molecule has 1 fully saturated rings. The normalized spacial score (nSPS) is 18.9. The highest BCUT2D eigenvalue weighted by Gasteiger charge is 2.38. The van der Waals surface area contributed by atoms with Gasteiger partial charge in [0.05, 0.1) is 17.7 Å². The summed E-state index contributed by atoms with van der Waals surface area (Å²) < 4.78 is 1.63. The fourth-order valence-electron chi connectivity index (χ4n) is 2.34. The molecule has 19 heavy (non-hydrogen) atoms. The zero-order valence-corrected chi connectivity index (χ0v) is 11.7. The molecule has 101 valence electrons. The summed E-state index contributed by atoms with van der Waals surface area (Å²) in [5.41, 5.74) is -0.999. The number of hydrogen-bond acceptors (Lipinski definition) is 3. The highest BCUT2D eigenvalue weighted by molar-refractivity contribution is 5.83. The van der Waals surface area contributed by atoms with E-state index in [4.69, 9.17) is 5.26 Å². The third-order valence-corrected chi connectivity index (χ3v) is 3.97. The van der Waals surface area contributed by atoms with Crippen molar-refractivity contribution in [3.8, 4) is 6.07 Å². The maximum absolute atomic E-state index is 12.6. The Morgan fingerprint density at radius 3 is 2.58 bits per heavy atom. The number of likely N-dealkylation sites (tertiary alicyclic amines) is 1. The molecule has 0 aromatic carbocycles. The largest absolute Gasteiger partial charge is 0.340 e. The van der Waals surface area contributed by atoms with Crippen LogP contribution in [0, 0.1) is 22.8 Å². The minimum absolute atomic E-state index is 0.0459. The molecular weight excluding hydrogens is 240 g/mol. The highest BCUT2D eigenvalue weighted by atomic mass is 16.2. The van der Waals surface area contributed by atoms with Crippen LogP contribution in [-0.4, -0.2) is 33.7 Å². The van der Waals surface area contributed by atoms with Crippen LogP contribution in [0.1, 0.15) is 33.6 Å². The van der Waals surface area contributed by atoms with E-state index in [1.54, 1.807) is 17.1 Å². The topological polar surface area (TPSA) is 61.9 Å². The van der Waals surface area contributed by atoms with Crippen LogP contribution in [0.3, 0.4) is 0 Å². The van der Waals surface area contributed by atoms with Crippen LogP contribution in [0.15, 0.2) is 12.4 Å². The maximum Gasteiger partial charge on any atom is 0.249 e. The predicted octanol–water partition coefficient (Wildman–Crippen LogP) is 1.57. The predicted molar refractivity (Wildman–Crippen MR) is 69.9 cm³/mol.